The molecule has 0 aromatic heterocycles. The fourth-order valence-electron chi connectivity index (χ4n) is 2.22. The first-order valence-corrected chi connectivity index (χ1v) is 8.34. The molecule has 1 aliphatic heterocycles. The number of halogens is 1. The molecule has 1 fully saturated rings. The summed E-state index contributed by atoms with van der Waals surface area (Å²) in [5.74, 6) is 0. The maximum Gasteiger partial charge on any atom is 0.279 e. The minimum absolute atomic E-state index is 0.260. The SMILES string of the molecule is CC(NS(=O)(=O)N1CCCCC1)c1ccc(Cl)cc1. The molecule has 0 spiro atoms. The van der Waals surface area contributed by atoms with Crippen LogP contribution < -0.4 is 4.72 Å². The molecule has 1 atom stereocenters. The van der Waals surface area contributed by atoms with Crippen molar-refractivity contribution in [2.45, 2.75) is 32.2 Å². The Morgan fingerprint density at radius 3 is 2.32 bits per heavy atom. The standard InChI is InChI=1S/C13H19ClN2O2S/c1-11(12-5-7-13(14)8-6-12)15-19(17,18)16-9-3-2-4-10-16/h5-8,11,15H,2-4,9-10H2,1H3. The van der Waals surface area contributed by atoms with E-state index in [1.54, 1.807) is 12.1 Å². The molecule has 0 amide bonds. The van der Waals surface area contributed by atoms with Crippen molar-refractivity contribution in [3.05, 3.63) is 34.9 Å². The average Bonchev–Trinajstić information content (AvgIpc) is 2.40. The number of benzene rings is 1. The predicted octanol–water partition coefficient (Wildman–Crippen LogP) is 2.72. The highest BCUT2D eigenvalue weighted by Gasteiger charge is 2.25. The average molecular weight is 303 g/mol. The van der Waals surface area contributed by atoms with Crippen LogP contribution in [0.1, 0.15) is 37.8 Å². The quantitative estimate of drug-likeness (QED) is 0.929. The Morgan fingerprint density at radius 1 is 1.16 bits per heavy atom. The Kier molecular flexibility index (Phi) is 4.84. The van der Waals surface area contributed by atoms with Gasteiger partial charge in [0, 0.05) is 24.2 Å². The Labute approximate surface area is 119 Å². The van der Waals surface area contributed by atoms with Crippen molar-refractivity contribution in [2.75, 3.05) is 13.1 Å². The van der Waals surface area contributed by atoms with Gasteiger partial charge in [0.05, 0.1) is 0 Å². The molecule has 106 valence electrons. The van der Waals surface area contributed by atoms with Crippen molar-refractivity contribution < 1.29 is 8.42 Å². The Morgan fingerprint density at radius 2 is 1.74 bits per heavy atom. The van der Waals surface area contributed by atoms with Gasteiger partial charge in [-0.25, -0.2) is 0 Å². The Balaban J connectivity index is 2.04. The topological polar surface area (TPSA) is 49.4 Å². The lowest BCUT2D eigenvalue weighted by atomic mass is 10.1. The van der Waals surface area contributed by atoms with Crippen molar-refractivity contribution in [1.29, 1.82) is 0 Å². The summed E-state index contributed by atoms with van der Waals surface area (Å²) < 4.78 is 28.7. The third-order valence-corrected chi connectivity index (χ3v) is 5.30. The van der Waals surface area contributed by atoms with Gasteiger partial charge in [-0.05, 0) is 37.5 Å². The van der Waals surface area contributed by atoms with E-state index in [9.17, 15) is 8.42 Å². The molecule has 0 bridgehead atoms. The van der Waals surface area contributed by atoms with Crippen LogP contribution in [0.4, 0.5) is 0 Å². The van der Waals surface area contributed by atoms with Gasteiger partial charge in [-0.1, -0.05) is 30.2 Å². The van der Waals surface area contributed by atoms with Gasteiger partial charge < -0.3 is 0 Å². The van der Waals surface area contributed by atoms with Crippen LogP contribution in [-0.4, -0.2) is 25.8 Å². The second-order valence-corrected chi connectivity index (χ2v) is 6.99. The summed E-state index contributed by atoms with van der Waals surface area (Å²) in [4.78, 5) is 0. The number of hydrogen-bond donors (Lipinski definition) is 1. The zero-order valence-electron chi connectivity index (χ0n) is 11.0. The van der Waals surface area contributed by atoms with Crippen LogP contribution in [0, 0.1) is 0 Å². The van der Waals surface area contributed by atoms with E-state index in [0.29, 0.717) is 18.1 Å². The summed E-state index contributed by atoms with van der Waals surface area (Å²) in [7, 11) is -3.39. The summed E-state index contributed by atoms with van der Waals surface area (Å²) in [5.41, 5.74) is 0.907. The van der Waals surface area contributed by atoms with Gasteiger partial charge in [-0.15, -0.1) is 0 Å². The molecule has 6 heteroatoms. The van der Waals surface area contributed by atoms with E-state index in [-0.39, 0.29) is 6.04 Å². The number of piperidine rings is 1. The normalized spacial score (nSPS) is 19.3. The lowest BCUT2D eigenvalue weighted by molar-refractivity contribution is 0.339. The molecule has 1 aromatic carbocycles. The van der Waals surface area contributed by atoms with Crippen LogP contribution in [-0.2, 0) is 10.2 Å². The van der Waals surface area contributed by atoms with E-state index in [4.69, 9.17) is 11.6 Å². The fourth-order valence-corrected chi connectivity index (χ4v) is 3.82. The van der Waals surface area contributed by atoms with Crippen LogP contribution >= 0.6 is 11.6 Å². The first kappa shape index (κ1) is 14.8. The second kappa shape index (κ2) is 6.22. The molecule has 4 nitrogen and oxygen atoms in total. The molecule has 1 N–H and O–H groups in total. The summed E-state index contributed by atoms with van der Waals surface area (Å²) in [6.45, 7) is 3.07. The van der Waals surface area contributed by atoms with Gasteiger partial charge >= 0.3 is 0 Å². The first-order valence-electron chi connectivity index (χ1n) is 6.52. The summed E-state index contributed by atoms with van der Waals surface area (Å²) >= 11 is 5.82. The summed E-state index contributed by atoms with van der Waals surface area (Å²) in [5, 5.41) is 0.648. The number of nitrogens with zero attached hydrogens (tertiary/aromatic N) is 1. The second-order valence-electron chi connectivity index (χ2n) is 4.86. The van der Waals surface area contributed by atoms with Crippen molar-refractivity contribution in [3.8, 4) is 0 Å². The highest BCUT2D eigenvalue weighted by atomic mass is 35.5. The minimum Gasteiger partial charge on any atom is -0.195 e. The van der Waals surface area contributed by atoms with Crippen LogP contribution in [0.3, 0.4) is 0 Å². The van der Waals surface area contributed by atoms with Gasteiger partial charge in [0.2, 0.25) is 0 Å². The monoisotopic (exact) mass is 302 g/mol. The van der Waals surface area contributed by atoms with Crippen LogP contribution in [0.5, 0.6) is 0 Å². The molecule has 1 unspecified atom stereocenters. The molecule has 1 heterocycles. The van der Waals surface area contributed by atoms with Crippen LogP contribution in [0.2, 0.25) is 5.02 Å². The van der Waals surface area contributed by atoms with E-state index >= 15 is 0 Å². The van der Waals surface area contributed by atoms with Crippen molar-refractivity contribution in [3.63, 3.8) is 0 Å². The van der Waals surface area contributed by atoms with E-state index < -0.39 is 10.2 Å². The maximum atomic E-state index is 12.2. The van der Waals surface area contributed by atoms with Gasteiger partial charge in [0.15, 0.2) is 0 Å². The van der Waals surface area contributed by atoms with E-state index in [1.165, 1.54) is 4.31 Å². The summed E-state index contributed by atoms with van der Waals surface area (Å²) in [6.07, 6.45) is 2.99. The highest BCUT2D eigenvalue weighted by molar-refractivity contribution is 7.87. The first-order chi connectivity index (χ1) is 8.99. The fraction of sp³-hybridized carbons (Fsp3) is 0.538. The maximum absolute atomic E-state index is 12.2. The van der Waals surface area contributed by atoms with Gasteiger partial charge in [-0.3, -0.25) is 0 Å². The lowest BCUT2D eigenvalue weighted by Gasteiger charge is -2.27. The number of nitrogens with one attached hydrogen (secondary N) is 1. The molecule has 0 saturated carbocycles. The molecule has 2 rings (SSSR count). The molecule has 1 saturated heterocycles. The summed E-state index contributed by atoms with van der Waals surface area (Å²) in [6, 6.07) is 6.95. The van der Waals surface area contributed by atoms with Crippen LogP contribution in [0.25, 0.3) is 0 Å². The van der Waals surface area contributed by atoms with Gasteiger partial charge in [0.1, 0.15) is 0 Å². The van der Waals surface area contributed by atoms with Crippen LogP contribution in [0.15, 0.2) is 24.3 Å². The van der Waals surface area contributed by atoms with E-state index in [1.807, 2.05) is 19.1 Å². The zero-order chi connectivity index (χ0) is 13.9. The highest BCUT2D eigenvalue weighted by Crippen LogP contribution is 2.19. The number of hydrogen-bond acceptors (Lipinski definition) is 2. The smallest absolute Gasteiger partial charge is 0.195 e. The van der Waals surface area contributed by atoms with Gasteiger partial charge in [0.25, 0.3) is 10.2 Å². The van der Waals surface area contributed by atoms with E-state index in [2.05, 4.69) is 4.72 Å². The molecule has 19 heavy (non-hydrogen) atoms. The molecule has 0 aliphatic carbocycles. The molecular weight excluding hydrogens is 284 g/mol. The third kappa shape index (κ3) is 3.92. The van der Waals surface area contributed by atoms with Crippen molar-refractivity contribution in [2.24, 2.45) is 0 Å². The lowest BCUT2D eigenvalue weighted by Crippen LogP contribution is -2.44. The zero-order valence-corrected chi connectivity index (χ0v) is 12.5. The molecule has 1 aromatic rings. The van der Waals surface area contributed by atoms with Crippen molar-refractivity contribution in [1.82, 2.24) is 9.03 Å². The van der Waals surface area contributed by atoms with Gasteiger partial charge in [-0.2, -0.15) is 17.4 Å². The molecular formula is C13H19ClN2O2S. The third-order valence-electron chi connectivity index (χ3n) is 3.35. The largest absolute Gasteiger partial charge is 0.279 e. The number of rotatable bonds is 4. The van der Waals surface area contributed by atoms with Crippen molar-refractivity contribution >= 4 is 21.8 Å². The minimum atomic E-state index is -3.39. The Hall–Kier alpha value is -0.620. The Bertz CT molecular complexity index is 510. The molecule has 0 radical (unpaired) electrons. The van der Waals surface area contributed by atoms with E-state index in [0.717, 1.165) is 24.8 Å². The predicted molar refractivity (Wildman–Crippen MR) is 77.3 cm³/mol. The molecule has 1 aliphatic rings.